The lowest BCUT2D eigenvalue weighted by Crippen LogP contribution is -2.47. The van der Waals surface area contributed by atoms with E-state index in [1.807, 2.05) is 29.2 Å². The van der Waals surface area contributed by atoms with E-state index in [2.05, 4.69) is 68.1 Å². The molecule has 3 aromatic carbocycles. The van der Waals surface area contributed by atoms with Crippen molar-refractivity contribution >= 4 is 11.6 Å². The number of ether oxygens (including phenoxy) is 1. The van der Waals surface area contributed by atoms with E-state index >= 15 is 0 Å². The largest absolute Gasteiger partial charge is 0.496 e. The molecule has 0 aromatic heterocycles. The molecule has 1 saturated heterocycles. The molecule has 0 atom stereocenters. The fourth-order valence-electron chi connectivity index (χ4n) is 4.65. The summed E-state index contributed by atoms with van der Waals surface area (Å²) in [5.41, 5.74) is 6.78. The first kappa shape index (κ1) is 23.1. The van der Waals surface area contributed by atoms with Crippen LogP contribution in [0.5, 0.6) is 5.75 Å². The molecule has 33 heavy (non-hydrogen) atoms. The van der Waals surface area contributed by atoms with Crippen LogP contribution in [0.2, 0.25) is 0 Å². The molecule has 1 fully saturated rings. The molecule has 4 rings (SSSR count). The van der Waals surface area contributed by atoms with Gasteiger partial charge < -0.3 is 9.64 Å². The van der Waals surface area contributed by atoms with Crippen molar-refractivity contribution in [3.05, 3.63) is 94.5 Å². The molecule has 0 N–H and O–H groups in total. The Balaban J connectivity index is 1.53. The third-order valence-electron chi connectivity index (χ3n) is 6.77. The third kappa shape index (κ3) is 5.28. The summed E-state index contributed by atoms with van der Waals surface area (Å²) in [6.07, 6.45) is 1.89. The third-order valence-corrected chi connectivity index (χ3v) is 6.77. The van der Waals surface area contributed by atoms with Gasteiger partial charge in [0.2, 0.25) is 0 Å². The number of nitrogens with zero attached hydrogens (tertiary/aromatic N) is 2. The quantitative estimate of drug-likeness (QED) is 0.474. The van der Waals surface area contributed by atoms with Crippen LogP contribution in [0.15, 0.2) is 66.7 Å². The second-order valence-electron chi connectivity index (χ2n) is 9.14. The van der Waals surface area contributed by atoms with Crippen molar-refractivity contribution in [1.82, 2.24) is 4.90 Å². The first-order chi connectivity index (χ1) is 16.0. The fourth-order valence-corrected chi connectivity index (χ4v) is 4.65. The minimum absolute atomic E-state index is 0.00362. The summed E-state index contributed by atoms with van der Waals surface area (Å²) in [5.74, 6) is 0.621. The maximum Gasteiger partial charge on any atom is 0.262 e. The Labute approximate surface area is 197 Å². The number of para-hydroxylation sites is 1. The van der Waals surface area contributed by atoms with Gasteiger partial charge >= 0.3 is 0 Å². The van der Waals surface area contributed by atoms with Crippen molar-refractivity contribution < 1.29 is 9.53 Å². The van der Waals surface area contributed by atoms with E-state index in [0.29, 0.717) is 11.3 Å². The predicted molar refractivity (Wildman–Crippen MR) is 135 cm³/mol. The Bertz CT molecular complexity index is 1100. The molecule has 1 aliphatic heterocycles. The molecule has 1 aliphatic rings. The second kappa shape index (κ2) is 10.2. The predicted octanol–water partition coefficient (Wildman–Crippen LogP) is 5.93. The van der Waals surface area contributed by atoms with Crippen molar-refractivity contribution in [3.8, 4) is 5.75 Å². The number of anilines is 1. The highest BCUT2D eigenvalue weighted by Crippen LogP contribution is 2.29. The number of aryl methyl sites for hydroxylation is 3. The van der Waals surface area contributed by atoms with Crippen molar-refractivity contribution in [1.29, 1.82) is 0 Å². The van der Waals surface area contributed by atoms with Gasteiger partial charge in [0.1, 0.15) is 5.75 Å². The van der Waals surface area contributed by atoms with E-state index in [1.54, 1.807) is 7.11 Å². The maximum atomic E-state index is 13.8. The van der Waals surface area contributed by atoms with Gasteiger partial charge in [0.05, 0.1) is 12.7 Å². The molecule has 172 valence electrons. The molecule has 1 amide bonds. The number of amides is 1. The Morgan fingerprint density at radius 2 is 1.64 bits per heavy atom. The number of piperidine rings is 1. The van der Waals surface area contributed by atoms with Crippen LogP contribution in [0.4, 0.5) is 5.69 Å². The zero-order valence-corrected chi connectivity index (χ0v) is 20.2. The lowest BCUT2D eigenvalue weighted by molar-refractivity contribution is 0.0955. The van der Waals surface area contributed by atoms with Crippen molar-refractivity contribution in [3.63, 3.8) is 0 Å². The zero-order valence-electron chi connectivity index (χ0n) is 20.2. The van der Waals surface area contributed by atoms with Gasteiger partial charge in [0.15, 0.2) is 0 Å². The second-order valence-corrected chi connectivity index (χ2v) is 9.14. The van der Waals surface area contributed by atoms with Gasteiger partial charge in [-0.1, -0.05) is 48.0 Å². The highest BCUT2D eigenvalue weighted by Gasteiger charge is 2.31. The van der Waals surface area contributed by atoms with Crippen LogP contribution in [0, 0.1) is 20.8 Å². The molecule has 0 radical (unpaired) electrons. The number of carbonyl (C=O) groups excluding carboxylic acids is 1. The van der Waals surface area contributed by atoms with E-state index in [4.69, 9.17) is 4.74 Å². The zero-order chi connectivity index (χ0) is 23.4. The number of hydrogen-bond donors (Lipinski definition) is 0. The van der Waals surface area contributed by atoms with Gasteiger partial charge in [-0.05, 0) is 74.6 Å². The Hall–Kier alpha value is -3.11. The monoisotopic (exact) mass is 442 g/mol. The van der Waals surface area contributed by atoms with Crippen LogP contribution < -0.4 is 9.64 Å². The number of benzene rings is 3. The number of likely N-dealkylation sites (tertiary alicyclic amines) is 1. The SMILES string of the molecule is COc1ccccc1C(=O)N(c1ccc(C)cc1)C1CCN(Cc2ccc(C)c(C)c2)CC1. The molecule has 0 unspecified atom stereocenters. The van der Waals surface area contributed by atoms with Gasteiger partial charge in [-0.25, -0.2) is 0 Å². The molecule has 0 aliphatic carbocycles. The van der Waals surface area contributed by atoms with Gasteiger partial charge in [0.25, 0.3) is 5.91 Å². The molecule has 0 saturated carbocycles. The number of carbonyl (C=O) groups is 1. The van der Waals surface area contributed by atoms with Gasteiger partial charge in [0, 0.05) is 31.4 Å². The number of rotatable bonds is 6. The topological polar surface area (TPSA) is 32.8 Å². The molecule has 0 spiro atoms. The minimum atomic E-state index is 0.00362. The summed E-state index contributed by atoms with van der Waals surface area (Å²) in [6, 6.07) is 22.7. The molecule has 4 heteroatoms. The smallest absolute Gasteiger partial charge is 0.262 e. The first-order valence-electron chi connectivity index (χ1n) is 11.8. The molecular formula is C29H34N2O2. The van der Waals surface area contributed by atoms with Crippen molar-refractivity contribution in [2.45, 2.75) is 46.2 Å². The Kier molecular flexibility index (Phi) is 7.14. The van der Waals surface area contributed by atoms with E-state index in [0.717, 1.165) is 38.2 Å². The van der Waals surface area contributed by atoms with Crippen LogP contribution >= 0.6 is 0 Å². The number of hydrogen-bond acceptors (Lipinski definition) is 3. The molecular weight excluding hydrogens is 408 g/mol. The van der Waals surface area contributed by atoms with Crippen LogP contribution in [0.1, 0.15) is 45.5 Å². The van der Waals surface area contributed by atoms with Gasteiger partial charge in [-0.3, -0.25) is 9.69 Å². The van der Waals surface area contributed by atoms with Crippen LogP contribution in [-0.4, -0.2) is 37.0 Å². The Morgan fingerprint density at radius 3 is 2.30 bits per heavy atom. The molecule has 3 aromatic rings. The van der Waals surface area contributed by atoms with Crippen LogP contribution in [0.3, 0.4) is 0 Å². The minimum Gasteiger partial charge on any atom is -0.496 e. The average Bonchev–Trinajstić information content (AvgIpc) is 2.83. The van der Waals surface area contributed by atoms with E-state index in [9.17, 15) is 4.79 Å². The highest BCUT2D eigenvalue weighted by molar-refractivity contribution is 6.08. The highest BCUT2D eigenvalue weighted by atomic mass is 16.5. The summed E-state index contributed by atoms with van der Waals surface area (Å²) in [6.45, 7) is 9.30. The summed E-state index contributed by atoms with van der Waals surface area (Å²) >= 11 is 0. The average molecular weight is 443 g/mol. The fraction of sp³-hybridized carbons (Fsp3) is 0.345. The van der Waals surface area contributed by atoms with Crippen LogP contribution in [0.25, 0.3) is 0 Å². The summed E-state index contributed by atoms with van der Waals surface area (Å²) in [5, 5.41) is 0. The standard InChI is InChI=1S/C29H34N2O2/c1-21-9-13-25(14-10-21)31(29(32)27-7-5-6-8-28(27)33-4)26-15-17-30(18-16-26)20-24-12-11-22(2)23(3)19-24/h5-14,19,26H,15-18,20H2,1-4H3. The summed E-state index contributed by atoms with van der Waals surface area (Å²) < 4.78 is 5.50. The van der Waals surface area contributed by atoms with Crippen molar-refractivity contribution in [2.24, 2.45) is 0 Å². The van der Waals surface area contributed by atoms with E-state index < -0.39 is 0 Å². The molecule has 0 bridgehead atoms. The normalized spacial score (nSPS) is 14.8. The summed E-state index contributed by atoms with van der Waals surface area (Å²) in [4.78, 5) is 18.3. The molecule has 1 heterocycles. The molecule has 4 nitrogen and oxygen atoms in total. The lowest BCUT2D eigenvalue weighted by Gasteiger charge is -2.39. The maximum absolute atomic E-state index is 13.8. The number of methoxy groups -OCH3 is 1. The Morgan fingerprint density at radius 1 is 0.939 bits per heavy atom. The van der Waals surface area contributed by atoms with Gasteiger partial charge in [-0.15, -0.1) is 0 Å². The lowest BCUT2D eigenvalue weighted by atomic mass is 9.99. The van der Waals surface area contributed by atoms with E-state index in [1.165, 1.54) is 22.3 Å². The van der Waals surface area contributed by atoms with Gasteiger partial charge in [-0.2, -0.15) is 0 Å². The summed E-state index contributed by atoms with van der Waals surface area (Å²) in [7, 11) is 1.62. The van der Waals surface area contributed by atoms with Crippen LogP contribution in [-0.2, 0) is 6.54 Å². The van der Waals surface area contributed by atoms with E-state index in [-0.39, 0.29) is 11.9 Å². The first-order valence-corrected chi connectivity index (χ1v) is 11.8. The van der Waals surface area contributed by atoms with Crippen molar-refractivity contribution in [2.75, 3.05) is 25.1 Å².